The molecule has 0 saturated heterocycles. The van der Waals surface area contributed by atoms with Crippen LogP contribution in [0.1, 0.15) is 10.4 Å². The summed E-state index contributed by atoms with van der Waals surface area (Å²) in [7, 11) is 0. The number of thiazole rings is 1. The summed E-state index contributed by atoms with van der Waals surface area (Å²) in [4.78, 5) is 28.4. The zero-order chi connectivity index (χ0) is 18.5. The first-order valence-corrected chi connectivity index (χ1v) is 9.92. The first kappa shape index (κ1) is 18.8. The van der Waals surface area contributed by atoms with E-state index in [4.69, 9.17) is 4.74 Å². The van der Waals surface area contributed by atoms with Crippen molar-refractivity contribution in [2.45, 2.75) is 0 Å². The van der Waals surface area contributed by atoms with Crippen LogP contribution in [0.4, 0.5) is 5.13 Å². The third-order valence-corrected chi connectivity index (χ3v) is 5.24. The minimum Gasteiger partial charge on any atom is -0.452 e. The Morgan fingerprint density at radius 2 is 1.92 bits per heavy atom. The van der Waals surface area contributed by atoms with Gasteiger partial charge in [-0.15, -0.1) is 11.3 Å². The van der Waals surface area contributed by atoms with Gasteiger partial charge < -0.3 is 4.74 Å². The standard InChI is InChI=1S/C18H12Br2N2O3S/c19-12-5-3-4-11(8-12)15-10-26-18(21-15)22-16(23)9-25-17(24)13-6-1-2-7-14(13)20/h1-8,10H,9H2,(H,21,22,23). The van der Waals surface area contributed by atoms with Gasteiger partial charge in [-0.3, -0.25) is 10.1 Å². The molecule has 26 heavy (non-hydrogen) atoms. The maximum absolute atomic E-state index is 12.0. The van der Waals surface area contributed by atoms with Gasteiger partial charge in [0.1, 0.15) is 0 Å². The van der Waals surface area contributed by atoms with E-state index >= 15 is 0 Å². The number of anilines is 1. The van der Waals surface area contributed by atoms with Crippen molar-refractivity contribution >= 4 is 60.2 Å². The summed E-state index contributed by atoms with van der Waals surface area (Å²) in [5.74, 6) is -1.01. The van der Waals surface area contributed by atoms with Crippen LogP contribution in [0.25, 0.3) is 11.3 Å². The second kappa shape index (κ2) is 8.57. The number of carbonyl (C=O) groups is 2. The summed E-state index contributed by atoms with van der Waals surface area (Å²) >= 11 is 8.00. The maximum Gasteiger partial charge on any atom is 0.339 e. The Morgan fingerprint density at radius 1 is 1.12 bits per heavy atom. The molecule has 0 saturated carbocycles. The summed E-state index contributed by atoms with van der Waals surface area (Å²) in [6.07, 6.45) is 0. The van der Waals surface area contributed by atoms with Crippen LogP contribution in [-0.4, -0.2) is 23.5 Å². The number of rotatable bonds is 5. The molecule has 132 valence electrons. The molecule has 1 N–H and O–H groups in total. The molecule has 3 aromatic rings. The largest absolute Gasteiger partial charge is 0.452 e. The Bertz CT molecular complexity index is 959. The SMILES string of the molecule is O=C(COC(=O)c1ccccc1Br)Nc1nc(-c2cccc(Br)c2)cs1. The number of aromatic nitrogens is 1. The Balaban J connectivity index is 1.57. The van der Waals surface area contributed by atoms with E-state index in [1.807, 2.05) is 29.6 Å². The number of carbonyl (C=O) groups excluding carboxylic acids is 2. The molecule has 0 unspecified atom stereocenters. The van der Waals surface area contributed by atoms with E-state index < -0.39 is 11.9 Å². The fourth-order valence-electron chi connectivity index (χ4n) is 2.10. The van der Waals surface area contributed by atoms with Crippen molar-refractivity contribution in [3.8, 4) is 11.3 Å². The summed E-state index contributed by atoms with van der Waals surface area (Å²) in [6.45, 7) is -0.383. The molecule has 0 fully saturated rings. The van der Waals surface area contributed by atoms with Crippen molar-refractivity contribution < 1.29 is 14.3 Å². The zero-order valence-electron chi connectivity index (χ0n) is 13.2. The molecule has 3 rings (SSSR count). The summed E-state index contributed by atoms with van der Waals surface area (Å²) < 4.78 is 6.61. The lowest BCUT2D eigenvalue weighted by Gasteiger charge is -2.06. The molecule has 2 aromatic carbocycles. The molecule has 0 atom stereocenters. The van der Waals surface area contributed by atoms with Gasteiger partial charge >= 0.3 is 5.97 Å². The molecular formula is C18H12Br2N2O3S. The van der Waals surface area contributed by atoms with Crippen molar-refractivity contribution in [3.63, 3.8) is 0 Å². The van der Waals surface area contributed by atoms with Gasteiger partial charge in [-0.25, -0.2) is 9.78 Å². The van der Waals surface area contributed by atoms with Gasteiger partial charge in [0.25, 0.3) is 5.91 Å². The molecule has 0 bridgehead atoms. The maximum atomic E-state index is 12.0. The highest BCUT2D eigenvalue weighted by molar-refractivity contribution is 9.10. The van der Waals surface area contributed by atoms with E-state index in [1.165, 1.54) is 11.3 Å². The number of nitrogens with zero attached hydrogens (tertiary/aromatic N) is 1. The molecule has 0 aliphatic heterocycles. The average Bonchev–Trinajstić information content (AvgIpc) is 3.08. The van der Waals surface area contributed by atoms with E-state index in [-0.39, 0.29) is 6.61 Å². The number of nitrogens with one attached hydrogen (secondary N) is 1. The van der Waals surface area contributed by atoms with Crippen LogP contribution >= 0.6 is 43.2 Å². The number of hydrogen-bond acceptors (Lipinski definition) is 5. The fraction of sp³-hybridized carbons (Fsp3) is 0.0556. The van der Waals surface area contributed by atoms with Crippen LogP contribution in [0.5, 0.6) is 0 Å². The second-order valence-corrected chi connectivity index (χ2v) is 7.78. The third kappa shape index (κ3) is 4.78. The molecule has 1 heterocycles. The Hall–Kier alpha value is -2.03. The quantitative estimate of drug-likeness (QED) is 0.498. The Kier molecular flexibility index (Phi) is 6.18. The van der Waals surface area contributed by atoms with E-state index in [1.54, 1.807) is 24.3 Å². The highest BCUT2D eigenvalue weighted by Gasteiger charge is 2.14. The van der Waals surface area contributed by atoms with Gasteiger partial charge in [-0.2, -0.15) is 0 Å². The number of amides is 1. The molecule has 0 aliphatic rings. The van der Waals surface area contributed by atoms with Crippen LogP contribution in [-0.2, 0) is 9.53 Å². The highest BCUT2D eigenvalue weighted by atomic mass is 79.9. The summed E-state index contributed by atoms with van der Waals surface area (Å²) in [6, 6.07) is 14.6. The predicted octanol–water partition coefficient (Wildman–Crippen LogP) is 5.13. The number of benzene rings is 2. The first-order valence-electron chi connectivity index (χ1n) is 7.46. The first-order chi connectivity index (χ1) is 12.5. The van der Waals surface area contributed by atoms with Gasteiger partial charge in [0.2, 0.25) is 0 Å². The molecule has 1 aromatic heterocycles. The number of halogens is 2. The third-order valence-electron chi connectivity index (χ3n) is 3.30. The Labute approximate surface area is 170 Å². The number of ether oxygens (including phenoxy) is 1. The number of hydrogen-bond donors (Lipinski definition) is 1. The lowest BCUT2D eigenvalue weighted by molar-refractivity contribution is -0.119. The van der Waals surface area contributed by atoms with Crippen molar-refractivity contribution in [1.82, 2.24) is 4.98 Å². The summed E-state index contributed by atoms with van der Waals surface area (Å²) in [5.41, 5.74) is 2.07. The van der Waals surface area contributed by atoms with Crippen LogP contribution in [0.2, 0.25) is 0 Å². The van der Waals surface area contributed by atoms with Crippen molar-refractivity contribution in [3.05, 3.63) is 68.4 Å². The molecule has 0 aliphatic carbocycles. The highest BCUT2D eigenvalue weighted by Crippen LogP contribution is 2.26. The lowest BCUT2D eigenvalue weighted by Crippen LogP contribution is -2.21. The predicted molar refractivity (Wildman–Crippen MR) is 108 cm³/mol. The van der Waals surface area contributed by atoms with Crippen molar-refractivity contribution in [2.75, 3.05) is 11.9 Å². The van der Waals surface area contributed by atoms with Crippen LogP contribution in [0.3, 0.4) is 0 Å². The minimum absolute atomic E-state index is 0.367. The van der Waals surface area contributed by atoms with Crippen molar-refractivity contribution in [2.24, 2.45) is 0 Å². The van der Waals surface area contributed by atoms with Crippen LogP contribution < -0.4 is 5.32 Å². The summed E-state index contributed by atoms with van der Waals surface area (Å²) in [5, 5.41) is 4.93. The zero-order valence-corrected chi connectivity index (χ0v) is 17.2. The second-order valence-electron chi connectivity index (χ2n) is 5.15. The van der Waals surface area contributed by atoms with Gasteiger partial charge in [0, 0.05) is 19.9 Å². The minimum atomic E-state index is -0.568. The van der Waals surface area contributed by atoms with Gasteiger partial charge in [0.15, 0.2) is 11.7 Å². The van der Waals surface area contributed by atoms with E-state index in [2.05, 4.69) is 42.2 Å². The normalized spacial score (nSPS) is 10.4. The van der Waals surface area contributed by atoms with Crippen LogP contribution in [0, 0.1) is 0 Å². The topological polar surface area (TPSA) is 68.3 Å². The molecule has 0 radical (unpaired) electrons. The van der Waals surface area contributed by atoms with Gasteiger partial charge in [-0.1, -0.05) is 40.2 Å². The lowest BCUT2D eigenvalue weighted by atomic mass is 10.2. The van der Waals surface area contributed by atoms with E-state index in [9.17, 15) is 9.59 Å². The smallest absolute Gasteiger partial charge is 0.339 e. The fourth-order valence-corrected chi connectivity index (χ4v) is 3.68. The monoisotopic (exact) mass is 494 g/mol. The number of esters is 1. The molecule has 1 amide bonds. The molecular weight excluding hydrogens is 484 g/mol. The molecule has 0 spiro atoms. The van der Waals surface area contributed by atoms with Crippen molar-refractivity contribution in [1.29, 1.82) is 0 Å². The van der Waals surface area contributed by atoms with Crippen LogP contribution in [0.15, 0.2) is 62.9 Å². The average molecular weight is 496 g/mol. The van der Waals surface area contributed by atoms with Gasteiger partial charge in [-0.05, 0) is 40.2 Å². The Morgan fingerprint density at radius 3 is 2.69 bits per heavy atom. The van der Waals surface area contributed by atoms with Gasteiger partial charge in [0.05, 0.1) is 11.3 Å². The van der Waals surface area contributed by atoms with E-state index in [0.29, 0.717) is 15.2 Å². The van der Waals surface area contributed by atoms with E-state index in [0.717, 1.165) is 15.7 Å². The molecule has 8 heteroatoms. The molecule has 5 nitrogen and oxygen atoms in total.